The second-order valence-electron chi connectivity index (χ2n) is 6.01. The van der Waals surface area contributed by atoms with Gasteiger partial charge in [-0.2, -0.15) is 0 Å². The lowest BCUT2D eigenvalue weighted by atomic mass is 9.97. The Bertz CT molecular complexity index is 737. The number of nitrogens with zero attached hydrogens (tertiary/aromatic N) is 1. The van der Waals surface area contributed by atoms with E-state index in [-0.39, 0.29) is 17.8 Å². The summed E-state index contributed by atoms with van der Waals surface area (Å²) in [5.41, 5.74) is 2.53. The van der Waals surface area contributed by atoms with Gasteiger partial charge in [0.2, 0.25) is 0 Å². The number of halogens is 1. The van der Waals surface area contributed by atoms with Crippen molar-refractivity contribution in [3.8, 4) is 0 Å². The maximum absolute atomic E-state index is 11.0. The predicted octanol–water partition coefficient (Wildman–Crippen LogP) is 4.89. The quantitative estimate of drug-likeness (QED) is 0.632. The van der Waals surface area contributed by atoms with Crippen molar-refractivity contribution in [2.24, 2.45) is 0 Å². The molecule has 0 saturated carbocycles. The zero-order valence-corrected chi connectivity index (χ0v) is 14.1. The first-order valence-electron chi connectivity index (χ1n) is 7.92. The molecule has 24 heavy (non-hydrogen) atoms. The molecule has 0 aliphatic carbocycles. The third-order valence-corrected chi connectivity index (χ3v) is 4.61. The highest BCUT2D eigenvalue weighted by Gasteiger charge is 2.25. The van der Waals surface area contributed by atoms with Gasteiger partial charge in [0.25, 0.3) is 5.69 Å². The number of benzene rings is 2. The van der Waals surface area contributed by atoms with E-state index >= 15 is 0 Å². The average molecular weight is 347 g/mol. The van der Waals surface area contributed by atoms with Crippen LogP contribution in [0.5, 0.6) is 0 Å². The highest BCUT2D eigenvalue weighted by molar-refractivity contribution is 6.33. The van der Waals surface area contributed by atoms with Crippen molar-refractivity contribution in [3.63, 3.8) is 0 Å². The third-order valence-electron chi connectivity index (χ3n) is 4.30. The van der Waals surface area contributed by atoms with Gasteiger partial charge in [0.15, 0.2) is 0 Å². The SMILES string of the molecule is Cc1cc(NC2CCOC(c3ccccc3)C2)c(Cl)cc1[N+](=O)[O-]. The number of hydrogen-bond acceptors (Lipinski definition) is 4. The first-order valence-corrected chi connectivity index (χ1v) is 8.30. The van der Waals surface area contributed by atoms with Gasteiger partial charge < -0.3 is 10.1 Å². The van der Waals surface area contributed by atoms with Gasteiger partial charge in [-0.05, 0) is 31.4 Å². The largest absolute Gasteiger partial charge is 0.381 e. The molecule has 2 aromatic carbocycles. The second-order valence-corrected chi connectivity index (χ2v) is 6.42. The molecule has 1 aliphatic rings. The smallest absolute Gasteiger partial charge is 0.273 e. The fourth-order valence-corrected chi connectivity index (χ4v) is 3.24. The number of nitro benzene ring substituents is 1. The number of aryl methyl sites for hydroxylation is 1. The molecule has 1 fully saturated rings. The molecule has 1 heterocycles. The number of rotatable bonds is 4. The Labute approximate surface area is 145 Å². The molecular formula is C18H19ClN2O3. The molecule has 6 heteroatoms. The number of nitro groups is 1. The number of anilines is 1. The van der Waals surface area contributed by atoms with Gasteiger partial charge in [0, 0.05) is 24.3 Å². The molecule has 2 atom stereocenters. The third kappa shape index (κ3) is 3.68. The highest BCUT2D eigenvalue weighted by atomic mass is 35.5. The summed E-state index contributed by atoms with van der Waals surface area (Å²) in [6.07, 6.45) is 1.75. The van der Waals surface area contributed by atoms with Crippen molar-refractivity contribution in [3.05, 3.63) is 68.7 Å². The average Bonchev–Trinajstić information content (AvgIpc) is 2.58. The summed E-state index contributed by atoms with van der Waals surface area (Å²) in [4.78, 5) is 10.6. The molecule has 3 rings (SSSR count). The maximum atomic E-state index is 11.0. The summed E-state index contributed by atoms with van der Waals surface area (Å²) in [7, 11) is 0. The van der Waals surface area contributed by atoms with Crippen LogP contribution >= 0.6 is 11.6 Å². The van der Waals surface area contributed by atoms with E-state index in [1.807, 2.05) is 18.2 Å². The number of hydrogen-bond donors (Lipinski definition) is 1. The minimum absolute atomic E-state index is 0.0414. The van der Waals surface area contributed by atoms with Gasteiger partial charge in [0.1, 0.15) is 0 Å². The summed E-state index contributed by atoms with van der Waals surface area (Å²) in [6, 6.07) is 13.5. The normalized spacial score (nSPS) is 20.6. The lowest BCUT2D eigenvalue weighted by Crippen LogP contribution is -2.30. The van der Waals surface area contributed by atoms with Crippen LogP contribution in [0.25, 0.3) is 0 Å². The lowest BCUT2D eigenvalue weighted by Gasteiger charge is -2.31. The molecule has 0 bridgehead atoms. The summed E-state index contributed by atoms with van der Waals surface area (Å²) >= 11 is 6.22. The van der Waals surface area contributed by atoms with Gasteiger partial charge in [-0.15, -0.1) is 0 Å². The maximum Gasteiger partial charge on any atom is 0.273 e. The zero-order chi connectivity index (χ0) is 17.1. The van der Waals surface area contributed by atoms with Gasteiger partial charge in [-0.3, -0.25) is 10.1 Å². The molecule has 0 amide bonds. The van der Waals surface area contributed by atoms with Crippen LogP contribution in [0, 0.1) is 17.0 Å². The van der Waals surface area contributed by atoms with Crippen molar-refractivity contribution >= 4 is 23.0 Å². The van der Waals surface area contributed by atoms with Crippen LogP contribution in [0.4, 0.5) is 11.4 Å². The summed E-state index contributed by atoms with van der Waals surface area (Å²) in [5.74, 6) is 0. The van der Waals surface area contributed by atoms with Crippen molar-refractivity contribution < 1.29 is 9.66 Å². The monoisotopic (exact) mass is 346 g/mol. The molecule has 1 aliphatic heterocycles. The topological polar surface area (TPSA) is 64.4 Å². The van der Waals surface area contributed by atoms with Gasteiger partial charge >= 0.3 is 0 Å². The Balaban J connectivity index is 1.74. The summed E-state index contributed by atoms with van der Waals surface area (Å²) in [6.45, 7) is 2.39. The molecule has 0 radical (unpaired) electrons. The first kappa shape index (κ1) is 16.7. The van der Waals surface area contributed by atoms with Gasteiger partial charge in [-0.1, -0.05) is 41.9 Å². The van der Waals surface area contributed by atoms with Crippen molar-refractivity contribution in [1.82, 2.24) is 0 Å². The van der Waals surface area contributed by atoms with Crippen LogP contribution in [0.3, 0.4) is 0 Å². The molecule has 1 N–H and O–H groups in total. The van der Waals surface area contributed by atoms with E-state index in [0.29, 0.717) is 17.2 Å². The minimum Gasteiger partial charge on any atom is -0.381 e. The van der Waals surface area contributed by atoms with Crippen LogP contribution < -0.4 is 5.32 Å². The first-order chi connectivity index (χ1) is 11.5. The molecule has 2 aromatic rings. The Morgan fingerprint density at radius 2 is 2.04 bits per heavy atom. The Morgan fingerprint density at radius 1 is 1.29 bits per heavy atom. The molecule has 5 nitrogen and oxygen atoms in total. The van der Waals surface area contributed by atoms with Crippen LogP contribution in [-0.4, -0.2) is 17.6 Å². The van der Waals surface area contributed by atoms with Crippen LogP contribution in [0.15, 0.2) is 42.5 Å². The fraction of sp³-hybridized carbons (Fsp3) is 0.333. The van der Waals surface area contributed by atoms with E-state index in [9.17, 15) is 10.1 Å². The second kappa shape index (κ2) is 7.20. The Kier molecular flexibility index (Phi) is 5.02. The van der Waals surface area contributed by atoms with E-state index in [1.165, 1.54) is 6.07 Å². The Hall–Kier alpha value is -2.11. The Morgan fingerprint density at radius 3 is 2.75 bits per heavy atom. The van der Waals surface area contributed by atoms with Crippen LogP contribution in [0.1, 0.15) is 30.1 Å². The minimum atomic E-state index is -0.412. The van der Waals surface area contributed by atoms with E-state index < -0.39 is 4.92 Å². The number of ether oxygens (including phenoxy) is 1. The molecule has 0 aromatic heterocycles. The van der Waals surface area contributed by atoms with Crippen LogP contribution in [-0.2, 0) is 4.74 Å². The molecule has 1 saturated heterocycles. The molecular weight excluding hydrogens is 328 g/mol. The van der Waals surface area contributed by atoms with E-state index in [1.54, 1.807) is 13.0 Å². The van der Waals surface area contributed by atoms with Crippen molar-refractivity contribution in [1.29, 1.82) is 0 Å². The molecule has 126 valence electrons. The zero-order valence-electron chi connectivity index (χ0n) is 13.4. The number of nitrogens with one attached hydrogen (secondary N) is 1. The molecule has 0 spiro atoms. The van der Waals surface area contributed by atoms with Gasteiger partial charge in [-0.25, -0.2) is 0 Å². The lowest BCUT2D eigenvalue weighted by molar-refractivity contribution is -0.385. The van der Waals surface area contributed by atoms with E-state index in [0.717, 1.165) is 24.1 Å². The van der Waals surface area contributed by atoms with Crippen molar-refractivity contribution in [2.45, 2.75) is 31.9 Å². The van der Waals surface area contributed by atoms with Crippen molar-refractivity contribution in [2.75, 3.05) is 11.9 Å². The summed E-state index contributed by atoms with van der Waals surface area (Å²) in [5, 5.41) is 14.8. The standard InChI is InChI=1S/C18H19ClN2O3/c1-12-9-16(15(19)11-17(12)21(22)23)20-14-7-8-24-18(10-14)13-5-3-2-4-6-13/h2-6,9,11,14,18,20H,7-8,10H2,1H3. The van der Waals surface area contributed by atoms with Gasteiger partial charge in [0.05, 0.1) is 21.7 Å². The highest BCUT2D eigenvalue weighted by Crippen LogP contribution is 2.34. The van der Waals surface area contributed by atoms with E-state index in [4.69, 9.17) is 16.3 Å². The van der Waals surface area contributed by atoms with E-state index in [2.05, 4.69) is 17.4 Å². The van der Waals surface area contributed by atoms with Crippen LogP contribution in [0.2, 0.25) is 5.02 Å². The fourth-order valence-electron chi connectivity index (χ4n) is 3.03. The summed E-state index contributed by atoms with van der Waals surface area (Å²) < 4.78 is 5.87. The molecule has 2 unspecified atom stereocenters. The predicted molar refractivity (Wildman–Crippen MR) is 94.6 cm³/mol.